The molecular formula is C22H24N2O4. The van der Waals surface area contributed by atoms with E-state index in [1.807, 2.05) is 47.4 Å². The van der Waals surface area contributed by atoms with E-state index >= 15 is 0 Å². The second kappa shape index (κ2) is 7.64. The molecule has 1 fully saturated rings. The van der Waals surface area contributed by atoms with Gasteiger partial charge in [0.2, 0.25) is 0 Å². The summed E-state index contributed by atoms with van der Waals surface area (Å²) in [6, 6.07) is 14.8. The fraction of sp³-hybridized carbons (Fsp3) is 0.364. The van der Waals surface area contributed by atoms with Crippen molar-refractivity contribution in [2.75, 3.05) is 26.7 Å². The summed E-state index contributed by atoms with van der Waals surface area (Å²) >= 11 is 0. The zero-order valence-corrected chi connectivity index (χ0v) is 15.9. The van der Waals surface area contributed by atoms with Gasteiger partial charge in [-0.2, -0.15) is 0 Å². The zero-order valence-electron chi connectivity index (χ0n) is 15.9. The van der Waals surface area contributed by atoms with E-state index in [2.05, 4.69) is 5.32 Å². The molecule has 4 rings (SSSR count). The maximum absolute atomic E-state index is 13.0. The molecule has 6 heteroatoms. The molecule has 0 radical (unpaired) electrons. The van der Waals surface area contributed by atoms with Gasteiger partial charge in [-0.05, 0) is 42.7 Å². The molecule has 2 aromatic rings. The topological polar surface area (TPSA) is 67.9 Å². The van der Waals surface area contributed by atoms with E-state index in [1.54, 1.807) is 13.2 Å². The van der Waals surface area contributed by atoms with Crippen molar-refractivity contribution in [2.45, 2.75) is 25.0 Å². The summed E-state index contributed by atoms with van der Waals surface area (Å²) in [5.41, 5.74) is 1.61. The summed E-state index contributed by atoms with van der Waals surface area (Å²) < 4.78 is 11.5. The van der Waals surface area contributed by atoms with Crippen molar-refractivity contribution in [2.24, 2.45) is 0 Å². The Morgan fingerprint density at radius 1 is 1.21 bits per heavy atom. The van der Waals surface area contributed by atoms with Gasteiger partial charge in [-0.15, -0.1) is 0 Å². The zero-order chi connectivity index (χ0) is 19.6. The highest BCUT2D eigenvalue weighted by Gasteiger charge is 2.42. The number of carbonyl (C=O) groups is 2. The molecule has 0 aliphatic carbocycles. The molecule has 2 aromatic carbocycles. The van der Waals surface area contributed by atoms with Crippen LogP contribution in [0.2, 0.25) is 0 Å². The van der Waals surface area contributed by atoms with Crippen molar-refractivity contribution < 1.29 is 19.1 Å². The molecule has 0 saturated carbocycles. The Kier molecular flexibility index (Phi) is 5.05. The molecule has 146 valence electrons. The number of rotatable bonds is 3. The number of hydrogen-bond donors (Lipinski definition) is 1. The third kappa shape index (κ3) is 3.60. The van der Waals surface area contributed by atoms with E-state index < -0.39 is 5.60 Å². The number of piperidine rings is 1. The lowest BCUT2D eigenvalue weighted by Gasteiger charge is -2.42. The lowest BCUT2D eigenvalue weighted by atomic mass is 9.91. The minimum absolute atomic E-state index is 0.0181. The third-order valence-corrected chi connectivity index (χ3v) is 5.37. The Bertz CT molecular complexity index is 880. The number of nitrogens with zero attached hydrogens (tertiary/aromatic N) is 1. The van der Waals surface area contributed by atoms with Crippen molar-refractivity contribution in [3.8, 4) is 5.75 Å². The molecule has 2 amide bonds. The van der Waals surface area contributed by atoms with Gasteiger partial charge < -0.3 is 19.7 Å². The number of amides is 2. The van der Waals surface area contributed by atoms with Crippen LogP contribution in [0.25, 0.3) is 0 Å². The first-order valence-electron chi connectivity index (χ1n) is 9.54. The van der Waals surface area contributed by atoms with E-state index in [9.17, 15) is 9.59 Å². The molecule has 2 aliphatic heterocycles. The monoisotopic (exact) mass is 380 g/mol. The molecule has 1 atom stereocenters. The standard InChI is InChI=1S/C22H24N2O4/c1-27-13-16-7-9-17(10-8-16)21(26)24-12-4-11-22(15-24)14-23-20(25)18-5-2-3-6-19(18)28-22/h2-3,5-10H,4,11-15H2,1H3,(H,23,25)/t22-/m0/s1. The number of para-hydroxylation sites is 1. The fourth-order valence-corrected chi connectivity index (χ4v) is 3.94. The molecule has 6 nitrogen and oxygen atoms in total. The molecule has 1 N–H and O–H groups in total. The van der Waals surface area contributed by atoms with E-state index in [0.29, 0.717) is 43.1 Å². The van der Waals surface area contributed by atoms with Crippen LogP contribution in [-0.4, -0.2) is 49.1 Å². The number of ether oxygens (including phenoxy) is 2. The predicted molar refractivity (Wildman–Crippen MR) is 104 cm³/mol. The van der Waals surface area contributed by atoms with Crippen LogP contribution in [0.3, 0.4) is 0 Å². The van der Waals surface area contributed by atoms with Crippen LogP contribution in [0.5, 0.6) is 5.75 Å². The summed E-state index contributed by atoms with van der Waals surface area (Å²) in [5.74, 6) is 0.427. The Morgan fingerprint density at radius 3 is 2.79 bits per heavy atom. The SMILES string of the molecule is COCc1ccc(C(=O)N2CCC[C@]3(CNC(=O)c4ccccc4O3)C2)cc1. The normalized spacial score (nSPS) is 21.5. The average molecular weight is 380 g/mol. The lowest BCUT2D eigenvalue weighted by molar-refractivity contribution is -0.000861. The molecule has 1 saturated heterocycles. The number of nitrogens with one attached hydrogen (secondary N) is 1. The van der Waals surface area contributed by atoms with Gasteiger partial charge in [0, 0.05) is 19.2 Å². The number of fused-ring (bicyclic) bond motifs is 1. The highest BCUT2D eigenvalue weighted by molar-refractivity contribution is 5.97. The molecule has 28 heavy (non-hydrogen) atoms. The maximum atomic E-state index is 13.0. The number of hydrogen-bond acceptors (Lipinski definition) is 4. The van der Waals surface area contributed by atoms with Crippen LogP contribution in [0.15, 0.2) is 48.5 Å². The quantitative estimate of drug-likeness (QED) is 0.889. The summed E-state index contributed by atoms with van der Waals surface area (Å²) in [7, 11) is 1.65. The fourth-order valence-electron chi connectivity index (χ4n) is 3.94. The first-order chi connectivity index (χ1) is 13.6. The number of carbonyl (C=O) groups excluding carboxylic acids is 2. The largest absolute Gasteiger partial charge is 0.483 e. The minimum Gasteiger partial charge on any atom is -0.483 e. The van der Waals surface area contributed by atoms with Crippen LogP contribution < -0.4 is 10.1 Å². The Morgan fingerprint density at radius 2 is 2.00 bits per heavy atom. The molecule has 1 spiro atoms. The average Bonchev–Trinajstić information content (AvgIpc) is 2.85. The minimum atomic E-state index is -0.605. The van der Waals surface area contributed by atoms with E-state index in [4.69, 9.17) is 9.47 Å². The number of benzene rings is 2. The molecule has 2 aliphatic rings. The Hall–Kier alpha value is -2.86. The van der Waals surface area contributed by atoms with Crippen LogP contribution >= 0.6 is 0 Å². The van der Waals surface area contributed by atoms with Crippen molar-refractivity contribution in [1.82, 2.24) is 10.2 Å². The lowest BCUT2D eigenvalue weighted by Crippen LogP contribution is -2.57. The van der Waals surface area contributed by atoms with Crippen LogP contribution in [-0.2, 0) is 11.3 Å². The van der Waals surface area contributed by atoms with Gasteiger partial charge in [0.1, 0.15) is 11.4 Å². The summed E-state index contributed by atoms with van der Waals surface area (Å²) in [5, 5.41) is 2.97. The second-order valence-electron chi connectivity index (χ2n) is 7.42. The second-order valence-corrected chi connectivity index (χ2v) is 7.42. The smallest absolute Gasteiger partial charge is 0.255 e. The van der Waals surface area contributed by atoms with Gasteiger partial charge in [0.25, 0.3) is 11.8 Å². The molecule has 0 bridgehead atoms. The number of methoxy groups -OCH3 is 1. The molecule has 0 aromatic heterocycles. The summed E-state index contributed by atoms with van der Waals surface area (Å²) in [4.78, 5) is 27.2. The van der Waals surface area contributed by atoms with Crippen molar-refractivity contribution in [1.29, 1.82) is 0 Å². The van der Waals surface area contributed by atoms with Crippen LogP contribution in [0.4, 0.5) is 0 Å². The Labute approximate surface area is 164 Å². The van der Waals surface area contributed by atoms with Crippen molar-refractivity contribution >= 4 is 11.8 Å². The highest BCUT2D eigenvalue weighted by Crippen LogP contribution is 2.32. The van der Waals surface area contributed by atoms with Crippen LogP contribution in [0, 0.1) is 0 Å². The van der Waals surface area contributed by atoms with Crippen molar-refractivity contribution in [3.63, 3.8) is 0 Å². The maximum Gasteiger partial charge on any atom is 0.255 e. The molecular weight excluding hydrogens is 356 g/mol. The molecule has 2 heterocycles. The van der Waals surface area contributed by atoms with E-state index in [0.717, 1.165) is 18.4 Å². The number of likely N-dealkylation sites (tertiary alicyclic amines) is 1. The summed E-state index contributed by atoms with van der Waals surface area (Å²) in [6.07, 6.45) is 1.61. The van der Waals surface area contributed by atoms with Gasteiger partial charge in [-0.3, -0.25) is 9.59 Å². The van der Waals surface area contributed by atoms with Gasteiger partial charge in [-0.25, -0.2) is 0 Å². The van der Waals surface area contributed by atoms with Gasteiger partial charge in [0.15, 0.2) is 0 Å². The van der Waals surface area contributed by atoms with Gasteiger partial charge >= 0.3 is 0 Å². The Balaban J connectivity index is 1.54. The first-order valence-corrected chi connectivity index (χ1v) is 9.54. The third-order valence-electron chi connectivity index (χ3n) is 5.37. The summed E-state index contributed by atoms with van der Waals surface area (Å²) in [6.45, 7) is 2.03. The predicted octanol–water partition coefficient (Wildman–Crippen LogP) is 2.63. The molecule has 0 unspecified atom stereocenters. The van der Waals surface area contributed by atoms with E-state index in [1.165, 1.54) is 0 Å². The van der Waals surface area contributed by atoms with Crippen LogP contribution in [0.1, 0.15) is 39.1 Å². The highest BCUT2D eigenvalue weighted by atomic mass is 16.5. The van der Waals surface area contributed by atoms with Crippen molar-refractivity contribution in [3.05, 3.63) is 65.2 Å². The van der Waals surface area contributed by atoms with Gasteiger partial charge in [-0.1, -0.05) is 24.3 Å². The van der Waals surface area contributed by atoms with E-state index in [-0.39, 0.29) is 11.8 Å². The van der Waals surface area contributed by atoms with Gasteiger partial charge in [0.05, 0.1) is 25.3 Å². The first kappa shape index (κ1) is 18.5.